The quantitative estimate of drug-likeness (QED) is 0.769. The summed E-state index contributed by atoms with van der Waals surface area (Å²) in [4.78, 5) is 11.8. The van der Waals surface area contributed by atoms with Crippen molar-refractivity contribution in [1.29, 1.82) is 0 Å². The minimum atomic E-state index is -0.306. The fourth-order valence-corrected chi connectivity index (χ4v) is 1.91. The van der Waals surface area contributed by atoms with E-state index in [1.807, 2.05) is 19.1 Å². The van der Waals surface area contributed by atoms with Gasteiger partial charge in [0, 0.05) is 13.5 Å². The van der Waals surface area contributed by atoms with Crippen LogP contribution in [0, 0.1) is 6.92 Å². The molecule has 98 valence electrons. The molecule has 4 nitrogen and oxygen atoms in total. The normalized spacial score (nSPS) is 23.0. The zero-order chi connectivity index (χ0) is 13.0. The fraction of sp³-hybridized carbons (Fsp3) is 0.500. The fourth-order valence-electron chi connectivity index (χ4n) is 1.91. The Kier molecular flexibility index (Phi) is 4.33. The van der Waals surface area contributed by atoms with Crippen LogP contribution in [-0.2, 0) is 14.2 Å². The Hall–Kier alpha value is -1.39. The lowest BCUT2D eigenvalue weighted by Crippen LogP contribution is -2.20. The van der Waals surface area contributed by atoms with Crippen LogP contribution < -0.4 is 0 Å². The molecule has 0 bridgehead atoms. The van der Waals surface area contributed by atoms with E-state index in [2.05, 4.69) is 0 Å². The highest BCUT2D eigenvalue weighted by Crippen LogP contribution is 2.20. The smallest absolute Gasteiger partial charge is 0.338 e. The number of rotatable bonds is 4. The molecular weight excluding hydrogens is 232 g/mol. The molecule has 0 radical (unpaired) electrons. The van der Waals surface area contributed by atoms with Crippen molar-refractivity contribution in [3.05, 3.63) is 35.4 Å². The van der Waals surface area contributed by atoms with Gasteiger partial charge >= 0.3 is 5.97 Å². The van der Waals surface area contributed by atoms with Crippen molar-refractivity contribution in [2.45, 2.75) is 32.2 Å². The lowest BCUT2D eigenvalue weighted by atomic mass is 10.1. The van der Waals surface area contributed by atoms with E-state index in [9.17, 15) is 4.79 Å². The van der Waals surface area contributed by atoms with Gasteiger partial charge in [0.1, 0.15) is 6.61 Å². The van der Waals surface area contributed by atoms with Crippen LogP contribution in [0.15, 0.2) is 24.3 Å². The minimum Gasteiger partial charge on any atom is -0.459 e. The van der Waals surface area contributed by atoms with Crippen LogP contribution in [0.2, 0.25) is 0 Å². The summed E-state index contributed by atoms with van der Waals surface area (Å²) in [5.41, 5.74) is 1.69. The van der Waals surface area contributed by atoms with Gasteiger partial charge in [-0.3, -0.25) is 0 Å². The second-order valence-electron chi connectivity index (χ2n) is 4.47. The number of ether oxygens (including phenoxy) is 3. The molecule has 1 heterocycles. The van der Waals surface area contributed by atoms with Gasteiger partial charge in [-0.05, 0) is 25.5 Å². The molecule has 18 heavy (non-hydrogen) atoms. The van der Waals surface area contributed by atoms with Crippen molar-refractivity contribution in [1.82, 2.24) is 0 Å². The molecule has 2 atom stereocenters. The van der Waals surface area contributed by atoms with Gasteiger partial charge in [-0.1, -0.05) is 17.7 Å². The number of hydrogen-bond acceptors (Lipinski definition) is 4. The van der Waals surface area contributed by atoms with Gasteiger partial charge in [-0.25, -0.2) is 4.79 Å². The van der Waals surface area contributed by atoms with Gasteiger partial charge in [-0.15, -0.1) is 0 Å². The number of benzene rings is 1. The Morgan fingerprint density at radius 1 is 1.33 bits per heavy atom. The maximum Gasteiger partial charge on any atom is 0.338 e. The van der Waals surface area contributed by atoms with Gasteiger partial charge in [0.25, 0.3) is 0 Å². The molecule has 0 spiro atoms. The van der Waals surface area contributed by atoms with Gasteiger partial charge in [0.2, 0.25) is 0 Å². The molecular formula is C14H18O4. The highest BCUT2D eigenvalue weighted by atomic mass is 16.7. The van der Waals surface area contributed by atoms with E-state index < -0.39 is 0 Å². The third-order valence-corrected chi connectivity index (χ3v) is 3.02. The molecule has 2 rings (SSSR count). The Morgan fingerprint density at radius 2 is 2.06 bits per heavy atom. The van der Waals surface area contributed by atoms with Crippen LogP contribution in [-0.4, -0.2) is 32.1 Å². The number of hydrogen-bond donors (Lipinski definition) is 0. The van der Waals surface area contributed by atoms with E-state index in [4.69, 9.17) is 14.2 Å². The Labute approximate surface area is 107 Å². The number of methoxy groups -OCH3 is 1. The molecule has 0 N–H and O–H groups in total. The average Bonchev–Trinajstić information content (AvgIpc) is 2.85. The molecule has 0 amide bonds. The minimum absolute atomic E-state index is 0.0515. The largest absolute Gasteiger partial charge is 0.459 e. The molecule has 2 unspecified atom stereocenters. The SMILES string of the molecule is COC1CCC(COC(=O)c2ccc(C)cc2)O1. The predicted molar refractivity (Wildman–Crippen MR) is 66.4 cm³/mol. The van der Waals surface area contributed by atoms with Crippen molar-refractivity contribution in [2.24, 2.45) is 0 Å². The van der Waals surface area contributed by atoms with E-state index in [0.29, 0.717) is 5.56 Å². The molecule has 0 aromatic heterocycles. The Bertz CT molecular complexity index is 399. The van der Waals surface area contributed by atoms with E-state index >= 15 is 0 Å². The Balaban J connectivity index is 1.80. The third kappa shape index (κ3) is 3.31. The van der Waals surface area contributed by atoms with E-state index in [1.54, 1.807) is 19.2 Å². The maximum atomic E-state index is 11.8. The first-order chi connectivity index (χ1) is 8.69. The van der Waals surface area contributed by atoms with Gasteiger partial charge < -0.3 is 14.2 Å². The zero-order valence-corrected chi connectivity index (χ0v) is 10.7. The first kappa shape index (κ1) is 13.1. The monoisotopic (exact) mass is 250 g/mol. The molecule has 1 aliphatic heterocycles. The molecule has 1 aliphatic rings. The summed E-state index contributed by atoms with van der Waals surface area (Å²) >= 11 is 0. The van der Waals surface area contributed by atoms with Crippen molar-refractivity contribution >= 4 is 5.97 Å². The van der Waals surface area contributed by atoms with Crippen molar-refractivity contribution in [3.63, 3.8) is 0 Å². The molecule has 1 saturated heterocycles. The van der Waals surface area contributed by atoms with Crippen LogP contribution in [0.3, 0.4) is 0 Å². The summed E-state index contributed by atoms with van der Waals surface area (Å²) in [6.07, 6.45) is 1.50. The standard InChI is InChI=1S/C14H18O4/c1-10-3-5-11(6-4-10)14(15)17-9-12-7-8-13(16-2)18-12/h3-6,12-13H,7-9H2,1-2H3. The topological polar surface area (TPSA) is 44.8 Å². The Morgan fingerprint density at radius 3 is 2.67 bits per heavy atom. The number of aryl methyl sites for hydroxylation is 1. The lowest BCUT2D eigenvalue weighted by Gasteiger charge is -2.12. The third-order valence-electron chi connectivity index (χ3n) is 3.02. The van der Waals surface area contributed by atoms with Crippen molar-refractivity contribution in [3.8, 4) is 0 Å². The number of carbonyl (C=O) groups is 1. The summed E-state index contributed by atoms with van der Waals surface area (Å²) < 4.78 is 15.8. The van der Waals surface area contributed by atoms with Crippen LogP contribution >= 0.6 is 0 Å². The molecule has 1 aromatic rings. The van der Waals surface area contributed by atoms with Crippen LogP contribution in [0.5, 0.6) is 0 Å². The average molecular weight is 250 g/mol. The van der Waals surface area contributed by atoms with Gasteiger partial charge in [0.05, 0.1) is 11.7 Å². The van der Waals surface area contributed by atoms with Gasteiger partial charge in [-0.2, -0.15) is 0 Å². The van der Waals surface area contributed by atoms with E-state index in [1.165, 1.54) is 0 Å². The zero-order valence-electron chi connectivity index (χ0n) is 10.7. The summed E-state index contributed by atoms with van der Waals surface area (Å²) in [5.74, 6) is -0.306. The summed E-state index contributed by atoms with van der Waals surface area (Å²) in [6.45, 7) is 2.26. The first-order valence-electron chi connectivity index (χ1n) is 6.11. The summed E-state index contributed by atoms with van der Waals surface area (Å²) in [5, 5.41) is 0. The van der Waals surface area contributed by atoms with Crippen LogP contribution in [0.25, 0.3) is 0 Å². The molecule has 0 saturated carbocycles. The predicted octanol–water partition coefficient (Wildman–Crippen LogP) is 2.30. The summed E-state index contributed by atoms with van der Waals surface area (Å²) in [6, 6.07) is 7.32. The summed E-state index contributed by atoms with van der Waals surface area (Å²) in [7, 11) is 1.62. The second kappa shape index (κ2) is 5.98. The van der Waals surface area contributed by atoms with Crippen LogP contribution in [0.4, 0.5) is 0 Å². The molecule has 0 aliphatic carbocycles. The number of esters is 1. The molecule has 4 heteroatoms. The first-order valence-corrected chi connectivity index (χ1v) is 6.11. The highest BCUT2D eigenvalue weighted by molar-refractivity contribution is 5.89. The molecule has 1 fully saturated rings. The second-order valence-corrected chi connectivity index (χ2v) is 4.47. The van der Waals surface area contributed by atoms with Crippen molar-refractivity contribution < 1.29 is 19.0 Å². The van der Waals surface area contributed by atoms with E-state index in [-0.39, 0.29) is 25.0 Å². The van der Waals surface area contributed by atoms with E-state index in [0.717, 1.165) is 18.4 Å². The maximum absolute atomic E-state index is 11.8. The van der Waals surface area contributed by atoms with Crippen LogP contribution in [0.1, 0.15) is 28.8 Å². The lowest BCUT2D eigenvalue weighted by molar-refractivity contribution is -0.123. The molecule has 1 aromatic carbocycles. The number of carbonyl (C=O) groups excluding carboxylic acids is 1. The highest BCUT2D eigenvalue weighted by Gasteiger charge is 2.26. The van der Waals surface area contributed by atoms with Crippen molar-refractivity contribution in [2.75, 3.05) is 13.7 Å². The van der Waals surface area contributed by atoms with Gasteiger partial charge in [0.15, 0.2) is 6.29 Å².